The Hall–Kier alpha value is -1.62. The van der Waals surface area contributed by atoms with Crippen LogP contribution >= 0.6 is 11.3 Å². The van der Waals surface area contributed by atoms with Crippen molar-refractivity contribution in [3.63, 3.8) is 0 Å². The lowest BCUT2D eigenvalue weighted by Crippen LogP contribution is -2.09. The molecule has 0 fully saturated rings. The number of aromatic nitrogens is 2. The topological polar surface area (TPSA) is 47.0 Å². The molecule has 0 saturated heterocycles. The zero-order valence-corrected chi connectivity index (χ0v) is 10.7. The van der Waals surface area contributed by atoms with Crippen molar-refractivity contribution >= 4 is 16.5 Å². The molecule has 0 spiro atoms. The fraction of sp³-hybridized carbons (Fsp3) is 0.333. The van der Waals surface area contributed by atoms with E-state index in [2.05, 4.69) is 34.6 Å². The van der Waals surface area contributed by atoms with Gasteiger partial charge in [-0.3, -0.25) is 0 Å². The number of nitrogens with one attached hydrogen (secondary N) is 1. The Balaban J connectivity index is 2.11. The predicted octanol–water partition coefficient (Wildman–Crippen LogP) is 3.11. The average molecular weight is 249 g/mol. The third-order valence-electron chi connectivity index (χ3n) is 2.58. The van der Waals surface area contributed by atoms with Crippen LogP contribution in [-0.2, 0) is 0 Å². The van der Waals surface area contributed by atoms with Crippen LogP contribution in [0.3, 0.4) is 0 Å². The summed E-state index contributed by atoms with van der Waals surface area (Å²) in [6.45, 7) is 2.14. The lowest BCUT2D eigenvalue weighted by atomic mass is 10.0. The van der Waals surface area contributed by atoms with E-state index in [0.29, 0.717) is 0 Å². The van der Waals surface area contributed by atoms with E-state index in [1.54, 1.807) is 12.6 Å². The van der Waals surface area contributed by atoms with Crippen LogP contribution in [0.4, 0.5) is 5.13 Å². The van der Waals surface area contributed by atoms with E-state index < -0.39 is 0 Å². The summed E-state index contributed by atoms with van der Waals surface area (Å²) in [7, 11) is 1.67. The number of hydrogen-bond acceptors (Lipinski definition) is 5. The van der Waals surface area contributed by atoms with Gasteiger partial charge in [0, 0.05) is 0 Å². The number of hydrogen-bond donors (Lipinski definition) is 1. The zero-order valence-electron chi connectivity index (χ0n) is 9.88. The molecule has 1 aromatic heterocycles. The highest BCUT2D eigenvalue weighted by Crippen LogP contribution is 2.24. The minimum absolute atomic E-state index is 0.258. The maximum absolute atomic E-state index is 5.15. The Kier molecular flexibility index (Phi) is 3.93. The molecule has 0 amide bonds. The van der Waals surface area contributed by atoms with E-state index >= 15 is 0 Å². The first-order valence-corrected chi connectivity index (χ1v) is 6.38. The molecule has 90 valence electrons. The maximum atomic E-state index is 5.15. The molecule has 1 unspecified atom stereocenters. The van der Waals surface area contributed by atoms with Gasteiger partial charge < -0.3 is 10.1 Å². The summed E-state index contributed by atoms with van der Waals surface area (Å²) in [5, 5.41) is 12.0. The van der Waals surface area contributed by atoms with Crippen LogP contribution in [0.25, 0.3) is 0 Å². The van der Waals surface area contributed by atoms with Crippen molar-refractivity contribution in [3.8, 4) is 5.75 Å². The molecule has 1 heterocycles. The Morgan fingerprint density at radius 1 is 1.35 bits per heavy atom. The molecule has 1 atom stereocenters. The van der Waals surface area contributed by atoms with E-state index in [1.165, 1.54) is 16.9 Å². The lowest BCUT2D eigenvalue weighted by Gasteiger charge is -2.16. The molecular weight excluding hydrogens is 234 g/mol. The van der Waals surface area contributed by atoms with Crippen LogP contribution in [0.1, 0.15) is 24.9 Å². The van der Waals surface area contributed by atoms with Gasteiger partial charge in [-0.05, 0) is 24.1 Å². The van der Waals surface area contributed by atoms with Crippen molar-refractivity contribution in [2.75, 3.05) is 12.4 Å². The van der Waals surface area contributed by atoms with Crippen molar-refractivity contribution in [1.29, 1.82) is 0 Å². The van der Waals surface area contributed by atoms with Crippen LogP contribution in [0.5, 0.6) is 5.75 Å². The first kappa shape index (κ1) is 11.9. The summed E-state index contributed by atoms with van der Waals surface area (Å²) >= 11 is 1.51. The molecule has 1 aromatic carbocycles. The van der Waals surface area contributed by atoms with Crippen molar-refractivity contribution in [3.05, 3.63) is 35.3 Å². The number of ether oxygens (including phenoxy) is 1. The highest BCUT2D eigenvalue weighted by molar-refractivity contribution is 7.13. The molecule has 5 heteroatoms. The van der Waals surface area contributed by atoms with Crippen LogP contribution in [0.15, 0.2) is 29.8 Å². The summed E-state index contributed by atoms with van der Waals surface area (Å²) in [5.74, 6) is 0.875. The Morgan fingerprint density at radius 2 is 2.12 bits per heavy atom. The first-order valence-electron chi connectivity index (χ1n) is 5.50. The second kappa shape index (κ2) is 5.63. The van der Waals surface area contributed by atoms with Gasteiger partial charge in [-0.2, -0.15) is 0 Å². The zero-order chi connectivity index (χ0) is 12.1. The van der Waals surface area contributed by atoms with Crippen LogP contribution in [0.2, 0.25) is 0 Å². The average Bonchev–Trinajstić information content (AvgIpc) is 2.89. The van der Waals surface area contributed by atoms with Gasteiger partial charge in [0.05, 0.1) is 13.2 Å². The van der Waals surface area contributed by atoms with E-state index in [4.69, 9.17) is 4.74 Å². The molecule has 0 saturated carbocycles. The minimum Gasteiger partial charge on any atom is -0.497 e. The van der Waals surface area contributed by atoms with E-state index in [1.807, 2.05) is 12.1 Å². The lowest BCUT2D eigenvalue weighted by molar-refractivity contribution is 0.414. The van der Waals surface area contributed by atoms with Crippen molar-refractivity contribution in [1.82, 2.24) is 10.2 Å². The fourth-order valence-electron chi connectivity index (χ4n) is 1.64. The van der Waals surface area contributed by atoms with Gasteiger partial charge in [0.25, 0.3) is 0 Å². The van der Waals surface area contributed by atoms with Gasteiger partial charge in [-0.25, -0.2) is 0 Å². The molecular formula is C12H15N3OS. The monoisotopic (exact) mass is 249 g/mol. The summed E-state index contributed by atoms with van der Waals surface area (Å²) in [5.41, 5.74) is 2.95. The summed E-state index contributed by atoms with van der Waals surface area (Å²) < 4.78 is 5.15. The summed E-state index contributed by atoms with van der Waals surface area (Å²) in [6.07, 6.45) is 0.992. The summed E-state index contributed by atoms with van der Waals surface area (Å²) in [4.78, 5) is 0. The summed E-state index contributed by atoms with van der Waals surface area (Å²) in [6, 6.07) is 8.34. The Bertz CT molecular complexity index is 441. The SMILES string of the molecule is CCC(Nc1nncs1)c1ccc(OC)cc1. The van der Waals surface area contributed by atoms with Gasteiger partial charge in [0.15, 0.2) is 0 Å². The smallest absolute Gasteiger partial charge is 0.205 e. The highest BCUT2D eigenvalue weighted by atomic mass is 32.1. The third kappa shape index (κ3) is 2.94. The molecule has 0 aliphatic heterocycles. The fourth-order valence-corrected chi connectivity index (χ4v) is 2.14. The third-order valence-corrected chi connectivity index (χ3v) is 3.21. The van der Waals surface area contributed by atoms with E-state index in [-0.39, 0.29) is 6.04 Å². The van der Waals surface area contributed by atoms with Gasteiger partial charge >= 0.3 is 0 Å². The van der Waals surface area contributed by atoms with Gasteiger partial charge in [-0.15, -0.1) is 10.2 Å². The van der Waals surface area contributed by atoms with Crippen molar-refractivity contribution in [2.24, 2.45) is 0 Å². The van der Waals surface area contributed by atoms with Gasteiger partial charge in [0.1, 0.15) is 11.3 Å². The molecule has 0 bridgehead atoms. The van der Waals surface area contributed by atoms with Crippen LogP contribution in [-0.4, -0.2) is 17.3 Å². The molecule has 2 rings (SSSR count). The quantitative estimate of drug-likeness (QED) is 0.884. The molecule has 0 aliphatic carbocycles. The highest BCUT2D eigenvalue weighted by Gasteiger charge is 2.10. The molecule has 17 heavy (non-hydrogen) atoms. The van der Waals surface area contributed by atoms with Crippen LogP contribution in [0, 0.1) is 0 Å². The standard InChI is InChI=1S/C12H15N3OS/c1-3-11(14-12-15-13-8-17-12)9-4-6-10(16-2)7-5-9/h4-8,11H,3H2,1-2H3,(H,14,15). The van der Waals surface area contributed by atoms with Gasteiger partial charge in [-0.1, -0.05) is 30.4 Å². The number of nitrogens with zero attached hydrogens (tertiary/aromatic N) is 2. The molecule has 0 radical (unpaired) electrons. The first-order chi connectivity index (χ1) is 8.33. The minimum atomic E-state index is 0.258. The molecule has 4 nitrogen and oxygen atoms in total. The largest absolute Gasteiger partial charge is 0.497 e. The van der Waals surface area contributed by atoms with Crippen molar-refractivity contribution < 1.29 is 4.74 Å². The number of methoxy groups -OCH3 is 1. The predicted molar refractivity (Wildman–Crippen MR) is 69.6 cm³/mol. The van der Waals surface area contributed by atoms with Crippen molar-refractivity contribution in [2.45, 2.75) is 19.4 Å². The molecule has 2 aromatic rings. The molecule has 1 N–H and O–H groups in total. The van der Waals surface area contributed by atoms with Gasteiger partial charge in [0.2, 0.25) is 5.13 Å². The number of anilines is 1. The normalized spacial score (nSPS) is 12.1. The van der Waals surface area contributed by atoms with E-state index in [9.17, 15) is 0 Å². The Labute approximate surface area is 105 Å². The molecule has 0 aliphatic rings. The number of benzene rings is 1. The second-order valence-corrected chi connectivity index (χ2v) is 4.46. The maximum Gasteiger partial charge on any atom is 0.205 e. The van der Waals surface area contributed by atoms with E-state index in [0.717, 1.165) is 17.3 Å². The number of rotatable bonds is 5. The second-order valence-electron chi connectivity index (χ2n) is 3.62. The van der Waals surface area contributed by atoms with Crippen LogP contribution < -0.4 is 10.1 Å². The Morgan fingerprint density at radius 3 is 2.65 bits per heavy atom.